The first-order valence-electron chi connectivity index (χ1n) is 5.03. The topological polar surface area (TPSA) is 9.23 Å². The van der Waals surface area contributed by atoms with E-state index in [1.807, 2.05) is 23.9 Å². The van der Waals surface area contributed by atoms with Gasteiger partial charge in [0.25, 0.3) is 0 Å². The maximum absolute atomic E-state index is 5.11. The average Bonchev–Trinajstić information content (AvgIpc) is 2.26. The molecular weight excluding hydrogens is 192 g/mol. The monoisotopic (exact) mass is 210 g/mol. The Bertz CT molecular complexity index is 256. The smallest absolute Gasteiger partial charge is 0.118 e. The zero-order chi connectivity index (χ0) is 10.4. The van der Waals surface area contributed by atoms with E-state index in [0.717, 1.165) is 11.7 Å². The van der Waals surface area contributed by atoms with Gasteiger partial charge in [-0.1, -0.05) is 20.3 Å². The van der Waals surface area contributed by atoms with Crippen molar-refractivity contribution in [1.29, 1.82) is 0 Å². The third kappa shape index (κ3) is 3.62. The average molecular weight is 210 g/mol. The van der Waals surface area contributed by atoms with Crippen LogP contribution in [0.25, 0.3) is 0 Å². The van der Waals surface area contributed by atoms with Crippen LogP contribution in [-0.2, 0) is 0 Å². The van der Waals surface area contributed by atoms with Crippen molar-refractivity contribution in [3.63, 3.8) is 0 Å². The number of benzene rings is 1. The largest absolute Gasteiger partial charge is 0.497 e. The Labute approximate surface area is 90.9 Å². The highest BCUT2D eigenvalue weighted by atomic mass is 32.2. The van der Waals surface area contributed by atoms with Gasteiger partial charge in [0.15, 0.2) is 0 Å². The van der Waals surface area contributed by atoms with Crippen LogP contribution < -0.4 is 4.74 Å². The van der Waals surface area contributed by atoms with Crippen LogP contribution in [0.2, 0.25) is 0 Å². The second-order valence-electron chi connectivity index (χ2n) is 3.50. The van der Waals surface area contributed by atoms with Gasteiger partial charge in [-0.25, -0.2) is 0 Å². The molecule has 0 spiro atoms. The van der Waals surface area contributed by atoms with E-state index in [1.54, 1.807) is 7.11 Å². The maximum atomic E-state index is 5.11. The SMILES string of the molecule is CCC(C)CSc1ccc(OC)cc1. The van der Waals surface area contributed by atoms with E-state index in [2.05, 4.69) is 26.0 Å². The predicted molar refractivity (Wildman–Crippen MR) is 63.2 cm³/mol. The van der Waals surface area contributed by atoms with Gasteiger partial charge in [-0.3, -0.25) is 0 Å². The summed E-state index contributed by atoms with van der Waals surface area (Å²) in [7, 11) is 1.70. The molecule has 0 aliphatic carbocycles. The quantitative estimate of drug-likeness (QED) is 0.683. The highest BCUT2D eigenvalue weighted by Gasteiger charge is 2.00. The van der Waals surface area contributed by atoms with Gasteiger partial charge >= 0.3 is 0 Å². The molecule has 0 aromatic heterocycles. The van der Waals surface area contributed by atoms with Crippen LogP contribution in [-0.4, -0.2) is 12.9 Å². The summed E-state index contributed by atoms with van der Waals surface area (Å²) < 4.78 is 5.11. The maximum Gasteiger partial charge on any atom is 0.118 e. The summed E-state index contributed by atoms with van der Waals surface area (Å²) in [6, 6.07) is 8.26. The summed E-state index contributed by atoms with van der Waals surface area (Å²) >= 11 is 1.92. The molecule has 1 unspecified atom stereocenters. The fourth-order valence-electron chi connectivity index (χ4n) is 1.03. The third-order valence-electron chi connectivity index (χ3n) is 2.29. The highest BCUT2D eigenvalue weighted by Crippen LogP contribution is 2.23. The summed E-state index contributed by atoms with van der Waals surface area (Å²) in [5.74, 6) is 2.92. The first kappa shape index (κ1) is 11.4. The minimum absolute atomic E-state index is 0.794. The van der Waals surface area contributed by atoms with Gasteiger partial charge in [-0.2, -0.15) is 0 Å². The minimum atomic E-state index is 0.794. The number of hydrogen-bond acceptors (Lipinski definition) is 2. The summed E-state index contributed by atoms with van der Waals surface area (Å²) in [5.41, 5.74) is 0. The van der Waals surface area contributed by atoms with Crippen LogP contribution in [0.5, 0.6) is 5.75 Å². The molecule has 14 heavy (non-hydrogen) atoms. The van der Waals surface area contributed by atoms with Crippen LogP contribution in [0.1, 0.15) is 20.3 Å². The van der Waals surface area contributed by atoms with Crippen LogP contribution in [0.3, 0.4) is 0 Å². The summed E-state index contributed by atoms with van der Waals surface area (Å²) in [6.07, 6.45) is 1.25. The number of ether oxygens (including phenoxy) is 1. The zero-order valence-corrected chi connectivity index (χ0v) is 9.93. The van der Waals surface area contributed by atoms with Crippen LogP contribution in [0.4, 0.5) is 0 Å². The van der Waals surface area contributed by atoms with Gasteiger partial charge in [0.2, 0.25) is 0 Å². The molecule has 0 heterocycles. The van der Waals surface area contributed by atoms with Gasteiger partial charge in [0.05, 0.1) is 7.11 Å². The molecular formula is C12H18OS. The van der Waals surface area contributed by atoms with E-state index >= 15 is 0 Å². The summed E-state index contributed by atoms with van der Waals surface area (Å²) in [6.45, 7) is 4.52. The third-order valence-corrected chi connectivity index (χ3v) is 3.63. The first-order valence-corrected chi connectivity index (χ1v) is 6.01. The molecule has 1 atom stereocenters. The summed E-state index contributed by atoms with van der Waals surface area (Å²) in [4.78, 5) is 1.33. The molecule has 1 nitrogen and oxygen atoms in total. The molecule has 0 N–H and O–H groups in total. The Morgan fingerprint density at radius 1 is 1.29 bits per heavy atom. The summed E-state index contributed by atoms with van der Waals surface area (Å²) in [5, 5.41) is 0. The van der Waals surface area contributed by atoms with Gasteiger partial charge in [0.1, 0.15) is 5.75 Å². The number of methoxy groups -OCH3 is 1. The van der Waals surface area contributed by atoms with Crippen molar-refractivity contribution in [2.75, 3.05) is 12.9 Å². The van der Waals surface area contributed by atoms with E-state index in [-0.39, 0.29) is 0 Å². The number of rotatable bonds is 5. The Morgan fingerprint density at radius 3 is 2.43 bits per heavy atom. The number of hydrogen-bond donors (Lipinski definition) is 0. The normalized spacial score (nSPS) is 12.5. The van der Waals surface area contributed by atoms with E-state index in [4.69, 9.17) is 4.74 Å². The van der Waals surface area contributed by atoms with Crippen molar-refractivity contribution in [1.82, 2.24) is 0 Å². The Hall–Kier alpha value is -0.630. The van der Waals surface area contributed by atoms with E-state index in [0.29, 0.717) is 0 Å². The molecule has 1 aromatic carbocycles. The van der Waals surface area contributed by atoms with Crippen LogP contribution >= 0.6 is 11.8 Å². The molecule has 0 amide bonds. The molecule has 1 aromatic rings. The number of thioether (sulfide) groups is 1. The second kappa shape index (κ2) is 5.97. The molecule has 2 heteroatoms. The fraction of sp³-hybridized carbons (Fsp3) is 0.500. The molecule has 0 saturated carbocycles. The lowest BCUT2D eigenvalue weighted by Gasteiger charge is -2.07. The van der Waals surface area contributed by atoms with Crippen LogP contribution in [0.15, 0.2) is 29.2 Å². The molecule has 78 valence electrons. The zero-order valence-electron chi connectivity index (χ0n) is 9.12. The van der Waals surface area contributed by atoms with Gasteiger partial charge in [-0.05, 0) is 30.2 Å². The van der Waals surface area contributed by atoms with Crippen molar-refractivity contribution in [2.45, 2.75) is 25.2 Å². The van der Waals surface area contributed by atoms with E-state index in [1.165, 1.54) is 17.1 Å². The van der Waals surface area contributed by atoms with Crippen molar-refractivity contribution >= 4 is 11.8 Å². The molecule has 0 radical (unpaired) electrons. The van der Waals surface area contributed by atoms with Crippen molar-refractivity contribution in [2.24, 2.45) is 5.92 Å². The lowest BCUT2D eigenvalue weighted by atomic mass is 10.2. The second-order valence-corrected chi connectivity index (χ2v) is 4.59. The van der Waals surface area contributed by atoms with Crippen LogP contribution in [0, 0.1) is 5.92 Å². The van der Waals surface area contributed by atoms with Crippen molar-refractivity contribution in [3.05, 3.63) is 24.3 Å². The van der Waals surface area contributed by atoms with Crippen molar-refractivity contribution in [3.8, 4) is 5.75 Å². The molecule has 0 aliphatic rings. The predicted octanol–water partition coefficient (Wildman–Crippen LogP) is 3.83. The van der Waals surface area contributed by atoms with Gasteiger partial charge < -0.3 is 4.74 Å². The molecule has 0 fully saturated rings. The van der Waals surface area contributed by atoms with Gasteiger partial charge in [0, 0.05) is 10.6 Å². The standard InChI is InChI=1S/C12H18OS/c1-4-10(2)9-14-12-7-5-11(13-3)6-8-12/h5-8,10H,4,9H2,1-3H3. The Morgan fingerprint density at radius 2 is 1.93 bits per heavy atom. The molecule has 0 saturated heterocycles. The van der Waals surface area contributed by atoms with E-state index < -0.39 is 0 Å². The van der Waals surface area contributed by atoms with E-state index in [9.17, 15) is 0 Å². The fourth-order valence-corrected chi connectivity index (χ4v) is 2.07. The van der Waals surface area contributed by atoms with Crippen molar-refractivity contribution < 1.29 is 4.74 Å². The lowest BCUT2D eigenvalue weighted by molar-refractivity contribution is 0.414. The first-order chi connectivity index (χ1) is 6.76. The molecule has 0 bridgehead atoms. The lowest BCUT2D eigenvalue weighted by Crippen LogP contribution is -1.94. The minimum Gasteiger partial charge on any atom is -0.497 e. The Balaban J connectivity index is 2.43. The Kier molecular flexibility index (Phi) is 4.88. The molecule has 1 rings (SSSR count). The molecule has 0 aliphatic heterocycles. The van der Waals surface area contributed by atoms with Gasteiger partial charge in [-0.15, -0.1) is 11.8 Å². The highest BCUT2D eigenvalue weighted by molar-refractivity contribution is 7.99.